The molecule has 0 amide bonds. The quantitative estimate of drug-likeness (QED) is 0.285. The molecule has 1 saturated carbocycles. The van der Waals surface area contributed by atoms with Crippen molar-refractivity contribution in [1.82, 2.24) is 14.8 Å². The molecule has 13 heteroatoms. The monoisotopic (exact) mass is 612 g/mol. The molecule has 1 aromatic carbocycles. The minimum absolute atomic E-state index is 0.188. The number of aromatic nitrogens is 3. The van der Waals surface area contributed by atoms with Crippen molar-refractivity contribution in [3.8, 4) is 16.9 Å². The Hall–Kier alpha value is -3.71. The molecule has 1 spiro atoms. The maximum atomic E-state index is 13.9. The van der Waals surface area contributed by atoms with Gasteiger partial charge in [0.05, 0.1) is 47.6 Å². The maximum absolute atomic E-state index is 13.9. The summed E-state index contributed by atoms with van der Waals surface area (Å²) in [4.78, 5) is 8.99. The number of aliphatic hydroxyl groups is 1. The molecular weight excluding hydrogens is 578 g/mol. The molecule has 3 aromatic heterocycles. The summed E-state index contributed by atoms with van der Waals surface area (Å²) in [5.74, 6) is -2.51. The van der Waals surface area contributed by atoms with Crippen LogP contribution >= 0.6 is 0 Å². The topological polar surface area (TPSA) is 117 Å². The number of pyridine rings is 1. The van der Waals surface area contributed by atoms with Crippen molar-refractivity contribution in [3.05, 3.63) is 49.0 Å². The van der Waals surface area contributed by atoms with Crippen molar-refractivity contribution < 1.29 is 26.7 Å². The van der Waals surface area contributed by atoms with Gasteiger partial charge in [-0.3, -0.25) is 4.72 Å². The van der Waals surface area contributed by atoms with E-state index in [0.29, 0.717) is 28.2 Å². The summed E-state index contributed by atoms with van der Waals surface area (Å²) in [5, 5.41) is 14.6. The van der Waals surface area contributed by atoms with E-state index in [-0.39, 0.29) is 31.7 Å². The average molecular weight is 613 g/mol. The summed E-state index contributed by atoms with van der Waals surface area (Å²) in [7, 11) is -3.69. The molecule has 4 aromatic rings. The second-order valence-corrected chi connectivity index (χ2v) is 13.9. The van der Waals surface area contributed by atoms with Gasteiger partial charge in [-0.1, -0.05) is 0 Å². The van der Waals surface area contributed by atoms with E-state index >= 15 is 0 Å². The highest BCUT2D eigenvalue weighted by Gasteiger charge is 2.44. The first-order valence-electron chi connectivity index (χ1n) is 14.7. The minimum Gasteiger partial charge on any atom is -0.460 e. The van der Waals surface area contributed by atoms with Crippen molar-refractivity contribution in [3.63, 3.8) is 0 Å². The van der Waals surface area contributed by atoms with Gasteiger partial charge in [0.25, 0.3) is 5.92 Å². The first-order chi connectivity index (χ1) is 20.6. The lowest BCUT2D eigenvalue weighted by Crippen LogP contribution is -2.39. The molecule has 2 saturated heterocycles. The number of anilines is 3. The van der Waals surface area contributed by atoms with Gasteiger partial charge in [-0.05, 0) is 61.4 Å². The molecule has 10 nitrogen and oxygen atoms in total. The molecule has 3 fully saturated rings. The van der Waals surface area contributed by atoms with Gasteiger partial charge in [-0.15, -0.1) is 0 Å². The number of aliphatic hydroxyl groups excluding tert-OH is 1. The number of benzene rings is 1. The zero-order chi connectivity index (χ0) is 29.8. The third kappa shape index (κ3) is 5.67. The molecule has 5 heterocycles. The first kappa shape index (κ1) is 28.1. The van der Waals surface area contributed by atoms with Gasteiger partial charge in [0.1, 0.15) is 0 Å². The van der Waals surface area contributed by atoms with Crippen LogP contribution in [0.5, 0.6) is 0 Å². The van der Waals surface area contributed by atoms with Crippen LogP contribution in [0.25, 0.3) is 27.9 Å². The van der Waals surface area contributed by atoms with Crippen LogP contribution in [0.15, 0.2) is 53.4 Å². The van der Waals surface area contributed by atoms with E-state index in [1.807, 2.05) is 35.4 Å². The zero-order valence-electron chi connectivity index (χ0n) is 23.7. The SMILES string of the molecule is O=S(=O)(CCO)Nc1ccc(-n2cc(-c3cc4ccoc4c(N4CCC(F)(F)CC4)n3)cn2)c(N2CCC3(CC2)CC3)c1. The van der Waals surface area contributed by atoms with Gasteiger partial charge in [0.2, 0.25) is 10.0 Å². The Bertz CT molecular complexity index is 1750. The van der Waals surface area contributed by atoms with Crippen molar-refractivity contribution in [2.45, 2.75) is 44.4 Å². The second kappa shape index (κ2) is 10.5. The van der Waals surface area contributed by atoms with Crippen LogP contribution in [0, 0.1) is 5.41 Å². The number of hydrogen-bond donors (Lipinski definition) is 2. The third-order valence-electron chi connectivity index (χ3n) is 9.07. The van der Waals surface area contributed by atoms with Crippen molar-refractivity contribution in [2.75, 3.05) is 53.1 Å². The summed E-state index contributed by atoms with van der Waals surface area (Å²) in [5.41, 5.74) is 4.52. The Morgan fingerprint density at radius 3 is 2.42 bits per heavy atom. The van der Waals surface area contributed by atoms with E-state index < -0.39 is 22.6 Å². The van der Waals surface area contributed by atoms with Gasteiger partial charge in [0, 0.05) is 56.2 Å². The number of sulfonamides is 1. The summed E-state index contributed by atoms with van der Waals surface area (Å²) in [6, 6.07) is 9.11. The van der Waals surface area contributed by atoms with Crippen molar-refractivity contribution in [1.29, 1.82) is 0 Å². The van der Waals surface area contributed by atoms with Crippen LogP contribution in [0.1, 0.15) is 38.5 Å². The van der Waals surface area contributed by atoms with Gasteiger partial charge >= 0.3 is 0 Å². The highest BCUT2D eigenvalue weighted by atomic mass is 32.2. The highest BCUT2D eigenvalue weighted by Crippen LogP contribution is 2.54. The second-order valence-electron chi connectivity index (χ2n) is 12.0. The minimum atomic E-state index is -3.69. The molecule has 228 valence electrons. The van der Waals surface area contributed by atoms with Gasteiger partial charge in [0.15, 0.2) is 11.4 Å². The average Bonchev–Trinajstić information content (AvgIpc) is 3.34. The summed E-state index contributed by atoms with van der Waals surface area (Å²) >= 11 is 0. The molecule has 0 atom stereocenters. The Morgan fingerprint density at radius 2 is 1.70 bits per heavy atom. The van der Waals surface area contributed by atoms with Crippen molar-refractivity contribution in [2.24, 2.45) is 5.41 Å². The largest absolute Gasteiger partial charge is 0.460 e. The first-order valence-corrected chi connectivity index (χ1v) is 16.3. The Balaban J connectivity index is 1.23. The number of halogens is 2. The molecule has 0 unspecified atom stereocenters. The molecule has 43 heavy (non-hydrogen) atoms. The molecule has 7 rings (SSSR count). The summed E-state index contributed by atoms with van der Waals surface area (Å²) in [6.07, 6.45) is 9.45. The van der Waals surface area contributed by atoms with E-state index in [1.54, 1.807) is 23.2 Å². The number of fused-ring (bicyclic) bond motifs is 1. The smallest absolute Gasteiger partial charge is 0.251 e. The molecule has 2 aliphatic heterocycles. The van der Waals surface area contributed by atoms with Crippen molar-refractivity contribution >= 4 is 38.2 Å². The van der Waals surface area contributed by atoms with Crippen LogP contribution in [0.3, 0.4) is 0 Å². The van der Waals surface area contributed by atoms with Gasteiger partial charge in [-0.2, -0.15) is 5.10 Å². The third-order valence-corrected chi connectivity index (χ3v) is 10.3. The molecule has 2 N–H and O–H groups in total. The van der Waals surface area contributed by atoms with Crippen LogP contribution in [-0.4, -0.2) is 72.8 Å². The number of alkyl halides is 2. The zero-order valence-corrected chi connectivity index (χ0v) is 24.5. The summed E-state index contributed by atoms with van der Waals surface area (Å²) in [6.45, 7) is 1.64. The highest BCUT2D eigenvalue weighted by molar-refractivity contribution is 7.92. The van der Waals surface area contributed by atoms with E-state index in [4.69, 9.17) is 14.5 Å². The predicted molar refractivity (Wildman–Crippen MR) is 161 cm³/mol. The van der Waals surface area contributed by atoms with Crippen LogP contribution in [-0.2, 0) is 10.0 Å². The summed E-state index contributed by atoms with van der Waals surface area (Å²) < 4.78 is 62.6. The maximum Gasteiger partial charge on any atom is 0.251 e. The van der Waals surface area contributed by atoms with Crippen LogP contribution < -0.4 is 14.5 Å². The van der Waals surface area contributed by atoms with Gasteiger partial charge in [-0.25, -0.2) is 26.9 Å². The predicted octanol–water partition coefficient (Wildman–Crippen LogP) is 5.03. The van der Waals surface area contributed by atoms with Crippen LogP contribution in [0.2, 0.25) is 0 Å². The number of rotatable bonds is 8. The number of nitrogens with zero attached hydrogens (tertiary/aromatic N) is 5. The molecule has 0 bridgehead atoms. The molecule has 3 aliphatic rings. The fourth-order valence-electron chi connectivity index (χ4n) is 6.24. The van der Waals surface area contributed by atoms with Gasteiger partial charge < -0.3 is 19.3 Å². The molecule has 0 radical (unpaired) electrons. The lowest BCUT2D eigenvalue weighted by atomic mass is 9.93. The molecular formula is C30H34F2N6O4S. The molecule has 1 aliphatic carbocycles. The number of furan rings is 1. The standard InChI is InChI=1S/C30H34F2N6O4S/c31-30(32)8-12-37(13-9-30)28-27-21(3-15-42-27)17-24(34-28)22-19-33-38(20-22)25-2-1-23(35-43(40,41)16-14-39)18-26(25)36-10-6-29(4-5-29)7-11-36/h1-3,15,17-20,35,39H,4-14,16H2. The fourth-order valence-corrected chi connectivity index (χ4v) is 7.07. The lowest BCUT2D eigenvalue weighted by Gasteiger charge is -2.35. The fraction of sp³-hybridized carbons (Fsp3) is 0.467. The van der Waals surface area contributed by atoms with E-state index in [0.717, 1.165) is 48.3 Å². The van der Waals surface area contributed by atoms with Crippen LogP contribution in [0.4, 0.5) is 26.0 Å². The lowest BCUT2D eigenvalue weighted by molar-refractivity contribution is -0.0221. The van der Waals surface area contributed by atoms with E-state index in [2.05, 4.69) is 14.7 Å². The normalized spacial score (nSPS) is 19.7. The number of piperidine rings is 2. The number of nitrogens with one attached hydrogen (secondary N) is 1. The Kier molecular flexibility index (Phi) is 6.84. The van der Waals surface area contributed by atoms with E-state index in [9.17, 15) is 17.2 Å². The van der Waals surface area contributed by atoms with E-state index in [1.165, 1.54) is 12.8 Å². The Morgan fingerprint density at radius 1 is 0.953 bits per heavy atom. The Labute approximate surface area is 248 Å². The number of hydrogen-bond acceptors (Lipinski definition) is 8.